The SMILES string of the molecule is CNCc1c(CN2CCCC2C)oc2ccccc12. The van der Waals surface area contributed by atoms with Crippen LogP contribution in [0, 0.1) is 0 Å². The predicted octanol–water partition coefficient (Wildman–Crippen LogP) is 3.14. The summed E-state index contributed by atoms with van der Waals surface area (Å²) in [6.07, 6.45) is 2.62. The van der Waals surface area contributed by atoms with Gasteiger partial charge in [0.15, 0.2) is 0 Å². The highest BCUT2D eigenvalue weighted by molar-refractivity contribution is 5.82. The molecule has 0 saturated carbocycles. The molecular weight excluding hydrogens is 236 g/mol. The Morgan fingerprint density at radius 3 is 2.95 bits per heavy atom. The average molecular weight is 258 g/mol. The summed E-state index contributed by atoms with van der Waals surface area (Å²) in [5, 5.41) is 4.51. The highest BCUT2D eigenvalue weighted by Crippen LogP contribution is 2.29. The quantitative estimate of drug-likeness (QED) is 0.913. The number of rotatable bonds is 4. The van der Waals surface area contributed by atoms with Gasteiger partial charge in [-0.3, -0.25) is 4.90 Å². The molecule has 3 nitrogen and oxygen atoms in total. The van der Waals surface area contributed by atoms with Crippen LogP contribution >= 0.6 is 0 Å². The molecule has 1 aromatic carbocycles. The van der Waals surface area contributed by atoms with Crippen molar-refractivity contribution in [2.45, 2.75) is 38.9 Å². The van der Waals surface area contributed by atoms with Crippen molar-refractivity contribution in [1.82, 2.24) is 10.2 Å². The van der Waals surface area contributed by atoms with E-state index in [1.165, 1.54) is 30.3 Å². The van der Waals surface area contributed by atoms with Crippen LogP contribution in [0.15, 0.2) is 28.7 Å². The standard InChI is InChI=1S/C16H22N2O/c1-12-6-5-9-18(12)11-16-14(10-17-2)13-7-3-4-8-15(13)19-16/h3-4,7-8,12,17H,5-6,9-11H2,1-2H3. The lowest BCUT2D eigenvalue weighted by atomic mass is 10.1. The fourth-order valence-corrected chi connectivity index (χ4v) is 3.06. The van der Waals surface area contributed by atoms with Gasteiger partial charge in [-0.1, -0.05) is 18.2 Å². The molecule has 1 aliphatic heterocycles. The maximum Gasteiger partial charge on any atom is 0.134 e. The summed E-state index contributed by atoms with van der Waals surface area (Å²) >= 11 is 0. The minimum atomic E-state index is 0.677. The lowest BCUT2D eigenvalue weighted by Gasteiger charge is -2.20. The summed E-state index contributed by atoms with van der Waals surface area (Å²) in [5.41, 5.74) is 2.33. The number of fused-ring (bicyclic) bond motifs is 1. The van der Waals surface area contributed by atoms with Crippen molar-refractivity contribution in [3.63, 3.8) is 0 Å². The highest BCUT2D eigenvalue weighted by atomic mass is 16.3. The van der Waals surface area contributed by atoms with Crippen molar-refractivity contribution >= 4 is 11.0 Å². The molecule has 0 spiro atoms. The van der Waals surface area contributed by atoms with E-state index in [0.717, 1.165) is 24.4 Å². The van der Waals surface area contributed by atoms with Gasteiger partial charge in [0.05, 0.1) is 6.54 Å². The number of benzene rings is 1. The van der Waals surface area contributed by atoms with Gasteiger partial charge < -0.3 is 9.73 Å². The van der Waals surface area contributed by atoms with E-state index >= 15 is 0 Å². The van der Waals surface area contributed by atoms with Gasteiger partial charge in [0, 0.05) is 23.5 Å². The van der Waals surface area contributed by atoms with Gasteiger partial charge >= 0.3 is 0 Å². The highest BCUT2D eigenvalue weighted by Gasteiger charge is 2.23. The molecule has 0 amide bonds. The van der Waals surface area contributed by atoms with E-state index in [0.29, 0.717) is 6.04 Å². The normalized spacial score (nSPS) is 20.4. The number of para-hydroxylation sites is 1. The molecule has 0 bridgehead atoms. The third-order valence-electron chi connectivity index (χ3n) is 4.17. The summed E-state index contributed by atoms with van der Waals surface area (Å²) in [7, 11) is 1.99. The minimum absolute atomic E-state index is 0.677. The number of nitrogens with zero attached hydrogens (tertiary/aromatic N) is 1. The van der Waals surface area contributed by atoms with E-state index in [9.17, 15) is 0 Å². The molecule has 1 aromatic heterocycles. The van der Waals surface area contributed by atoms with E-state index in [2.05, 4.69) is 35.3 Å². The molecule has 1 unspecified atom stereocenters. The van der Waals surface area contributed by atoms with Crippen LogP contribution in [0.25, 0.3) is 11.0 Å². The second-order valence-electron chi connectivity index (χ2n) is 5.49. The predicted molar refractivity (Wildman–Crippen MR) is 78.1 cm³/mol. The van der Waals surface area contributed by atoms with Gasteiger partial charge in [0.1, 0.15) is 11.3 Å². The zero-order valence-electron chi connectivity index (χ0n) is 11.8. The van der Waals surface area contributed by atoms with Crippen LogP contribution in [0.1, 0.15) is 31.1 Å². The second kappa shape index (κ2) is 5.35. The van der Waals surface area contributed by atoms with E-state index in [-0.39, 0.29) is 0 Å². The van der Waals surface area contributed by atoms with Crippen molar-refractivity contribution < 1.29 is 4.42 Å². The molecule has 2 aromatic rings. The zero-order chi connectivity index (χ0) is 13.2. The van der Waals surface area contributed by atoms with E-state index in [1.54, 1.807) is 0 Å². The van der Waals surface area contributed by atoms with E-state index < -0.39 is 0 Å². The van der Waals surface area contributed by atoms with E-state index in [4.69, 9.17) is 4.42 Å². The number of hydrogen-bond donors (Lipinski definition) is 1. The Morgan fingerprint density at radius 2 is 2.21 bits per heavy atom. The molecule has 0 aliphatic carbocycles. The smallest absolute Gasteiger partial charge is 0.134 e. The fraction of sp³-hybridized carbons (Fsp3) is 0.500. The van der Waals surface area contributed by atoms with Crippen LogP contribution in [0.5, 0.6) is 0 Å². The van der Waals surface area contributed by atoms with Crippen LogP contribution in [0.4, 0.5) is 0 Å². The monoisotopic (exact) mass is 258 g/mol. The Labute approximate surface area is 114 Å². The van der Waals surface area contributed by atoms with Gasteiger partial charge in [0.25, 0.3) is 0 Å². The summed E-state index contributed by atoms with van der Waals surface area (Å²) in [5.74, 6) is 1.13. The lowest BCUT2D eigenvalue weighted by Crippen LogP contribution is -2.26. The van der Waals surface area contributed by atoms with Crippen LogP contribution < -0.4 is 5.32 Å². The van der Waals surface area contributed by atoms with Gasteiger partial charge in [-0.15, -0.1) is 0 Å². The van der Waals surface area contributed by atoms with Crippen molar-refractivity contribution in [3.05, 3.63) is 35.6 Å². The van der Waals surface area contributed by atoms with Gasteiger partial charge in [-0.2, -0.15) is 0 Å². The van der Waals surface area contributed by atoms with Crippen LogP contribution in [-0.4, -0.2) is 24.5 Å². The summed E-state index contributed by atoms with van der Waals surface area (Å²) in [6, 6.07) is 9.01. The number of furan rings is 1. The van der Waals surface area contributed by atoms with Crippen LogP contribution in [-0.2, 0) is 13.1 Å². The molecular formula is C16H22N2O. The Morgan fingerprint density at radius 1 is 1.37 bits per heavy atom. The first-order valence-corrected chi connectivity index (χ1v) is 7.17. The van der Waals surface area contributed by atoms with E-state index in [1.807, 2.05) is 13.1 Å². The Hall–Kier alpha value is -1.32. The Bertz CT molecular complexity index is 561. The first-order chi connectivity index (χ1) is 9.29. The summed E-state index contributed by atoms with van der Waals surface area (Å²) in [4.78, 5) is 2.52. The van der Waals surface area contributed by atoms with Gasteiger partial charge in [-0.25, -0.2) is 0 Å². The maximum atomic E-state index is 6.08. The second-order valence-corrected chi connectivity index (χ2v) is 5.49. The topological polar surface area (TPSA) is 28.4 Å². The summed E-state index contributed by atoms with van der Waals surface area (Å²) in [6.45, 7) is 5.31. The Balaban J connectivity index is 1.95. The maximum absolute atomic E-state index is 6.08. The van der Waals surface area contributed by atoms with Gasteiger partial charge in [0.2, 0.25) is 0 Å². The lowest BCUT2D eigenvalue weighted by molar-refractivity contribution is 0.239. The van der Waals surface area contributed by atoms with Crippen LogP contribution in [0.3, 0.4) is 0 Å². The van der Waals surface area contributed by atoms with Crippen molar-refractivity contribution in [2.24, 2.45) is 0 Å². The number of hydrogen-bond acceptors (Lipinski definition) is 3. The largest absolute Gasteiger partial charge is 0.459 e. The molecule has 1 fully saturated rings. The third-order valence-corrected chi connectivity index (χ3v) is 4.17. The Kier molecular flexibility index (Phi) is 3.58. The number of nitrogens with one attached hydrogen (secondary N) is 1. The molecule has 1 N–H and O–H groups in total. The minimum Gasteiger partial charge on any atom is -0.459 e. The average Bonchev–Trinajstić information content (AvgIpc) is 2.96. The van der Waals surface area contributed by atoms with Gasteiger partial charge in [-0.05, 0) is 39.4 Å². The molecule has 19 heavy (non-hydrogen) atoms. The third kappa shape index (κ3) is 2.40. The molecule has 1 atom stereocenters. The zero-order valence-corrected chi connectivity index (χ0v) is 11.8. The molecule has 1 saturated heterocycles. The molecule has 3 rings (SSSR count). The molecule has 102 valence electrons. The first kappa shape index (κ1) is 12.7. The molecule has 3 heteroatoms. The fourth-order valence-electron chi connectivity index (χ4n) is 3.06. The summed E-state index contributed by atoms with van der Waals surface area (Å²) < 4.78 is 6.08. The number of likely N-dealkylation sites (tertiary alicyclic amines) is 1. The van der Waals surface area contributed by atoms with Crippen LogP contribution in [0.2, 0.25) is 0 Å². The van der Waals surface area contributed by atoms with Crippen molar-refractivity contribution in [2.75, 3.05) is 13.6 Å². The molecule has 1 aliphatic rings. The molecule has 2 heterocycles. The van der Waals surface area contributed by atoms with Crippen molar-refractivity contribution in [3.8, 4) is 0 Å². The first-order valence-electron chi connectivity index (χ1n) is 7.17. The van der Waals surface area contributed by atoms with Crippen molar-refractivity contribution in [1.29, 1.82) is 0 Å². The molecule has 0 radical (unpaired) electrons.